The number of pyridine rings is 1. The van der Waals surface area contributed by atoms with Gasteiger partial charge >= 0.3 is 0 Å². The van der Waals surface area contributed by atoms with Crippen LogP contribution in [-0.2, 0) is 16.4 Å². The number of sulfone groups is 1. The molecular formula is C17H20N4O3S. The first-order valence-electron chi connectivity index (χ1n) is 7.68. The zero-order valence-corrected chi connectivity index (χ0v) is 15.1. The zero-order valence-electron chi connectivity index (χ0n) is 14.3. The number of benzene rings is 1. The molecular weight excluding hydrogens is 340 g/mol. The van der Waals surface area contributed by atoms with Crippen LogP contribution in [0.15, 0.2) is 29.9 Å². The Labute approximate surface area is 145 Å². The number of fused-ring (bicyclic) bond motifs is 3. The standard InChI is InChI=1S/C17H20N4O3S/c1-17(2,22)9-21-10-19-14-15(21)12-5-4-11(6-7-25(3,23)24)8-13(12)20-16(14)18/h4-8,10,22H,9H2,1-3H3,(H2,18,20). The smallest absolute Gasteiger partial charge is 0.168 e. The molecule has 2 heterocycles. The number of aromatic nitrogens is 3. The van der Waals surface area contributed by atoms with Crippen LogP contribution in [0.1, 0.15) is 19.4 Å². The summed E-state index contributed by atoms with van der Waals surface area (Å²) < 4.78 is 24.4. The lowest BCUT2D eigenvalue weighted by Gasteiger charge is -2.18. The molecule has 132 valence electrons. The van der Waals surface area contributed by atoms with Gasteiger partial charge in [-0.05, 0) is 31.6 Å². The van der Waals surface area contributed by atoms with Crippen LogP contribution >= 0.6 is 0 Å². The molecule has 25 heavy (non-hydrogen) atoms. The average molecular weight is 360 g/mol. The van der Waals surface area contributed by atoms with E-state index in [1.165, 1.54) is 6.08 Å². The van der Waals surface area contributed by atoms with Crippen LogP contribution in [-0.4, -0.2) is 39.9 Å². The molecule has 2 aromatic heterocycles. The van der Waals surface area contributed by atoms with E-state index in [1.807, 2.05) is 16.7 Å². The van der Waals surface area contributed by atoms with Gasteiger partial charge in [-0.3, -0.25) is 0 Å². The molecule has 7 nitrogen and oxygen atoms in total. The number of rotatable bonds is 4. The van der Waals surface area contributed by atoms with Crippen molar-refractivity contribution in [1.82, 2.24) is 14.5 Å². The van der Waals surface area contributed by atoms with Crippen LogP contribution < -0.4 is 5.73 Å². The molecule has 0 aliphatic rings. The molecule has 0 atom stereocenters. The second kappa shape index (κ2) is 5.82. The van der Waals surface area contributed by atoms with E-state index in [1.54, 1.807) is 26.2 Å². The molecule has 0 unspecified atom stereocenters. The van der Waals surface area contributed by atoms with Gasteiger partial charge in [0.15, 0.2) is 15.7 Å². The highest BCUT2D eigenvalue weighted by molar-refractivity contribution is 7.93. The largest absolute Gasteiger partial charge is 0.389 e. The van der Waals surface area contributed by atoms with Crippen LogP contribution in [0.25, 0.3) is 28.0 Å². The second-order valence-corrected chi connectivity index (χ2v) is 8.72. The van der Waals surface area contributed by atoms with Crippen molar-refractivity contribution >= 4 is 43.7 Å². The molecule has 0 saturated carbocycles. The molecule has 3 N–H and O–H groups in total. The highest BCUT2D eigenvalue weighted by Gasteiger charge is 2.18. The minimum Gasteiger partial charge on any atom is -0.389 e. The summed E-state index contributed by atoms with van der Waals surface area (Å²) in [5.41, 5.74) is 7.84. The monoisotopic (exact) mass is 360 g/mol. The Kier molecular flexibility index (Phi) is 4.04. The van der Waals surface area contributed by atoms with E-state index in [2.05, 4.69) is 9.97 Å². The van der Waals surface area contributed by atoms with Crippen molar-refractivity contribution in [2.75, 3.05) is 12.0 Å². The Morgan fingerprint density at radius 1 is 1.36 bits per heavy atom. The number of nitrogen functional groups attached to an aromatic ring is 1. The van der Waals surface area contributed by atoms with E-state index in [0.717, 1.165) is 22.6 Å². The minimum absolute atomic E-state index is 0.293. The van der Waals surface area contributed by atoms with Gasteiger partial charge in [0, 0.05) is 17.1 Å². The number of imidazole rings is 1. The van der Waals surface area contributed by atoms with E-state index in [-0.39, 0.29) is 0 Å². The topological polar surface area (TPSA) is 111 Å². The zero-order chi connectivity index (χ0) is 18.4. The Hall–Kier alpha value is -2.45. The van der Waals surface area contributed by atoms with E-state index in [4.69, 9.17) is 5.73 Å². The summed E-state index contributed by atoms with van der Waals surface area (Å²) in [5, 5.41) is 12.1. The quantitative estimate of drug-likeness (QED) is 0.736. The summed E-state index contributed by atoms with van der Waals surface area (Å²) in [6, 6.07) is 5.44. The van der Waals surface area contributed by atoms with Crippen LogP contribution in [0, 0.1) is 0 Å². The van der Waals surface area contributed by atoms with Gasteiger partial charge in [0.1, 0.15) is 5.52 Å². The maximum atomic E-state index is 11.3. The van der Waals surface area contributed by atoms with Gasteiger partial charge in [0.2, 0.25) is 0 Å². The van der Waals surface area contributed by atoms with E-state index < -0.39 is 15.4 Å². The minimum atomic E-state index is -3.20. The molecule has 0 aliphatic carbocycles. The van der Waals surface area contributed by atoms with Gasteiger partial charge < -0.3 is 15.4 Å². The van der Waals surface area contributed by atoms with Gasteiger partial charge in [0.05, 0.1) is 29.5 Å². The van der Waals surface area contributed by atoms with Crippen molar-refractivity contribution in [2.24, 2.45) is 0 Å². The fraction of sp³-hybridized carbons (Fsp3) is 0.294. The summed E-state index contributed by atoms with van der Waals surface area (Å²) in [7, 11) is -3.20. The first-order valence-corrected chi connectivity index (χ1v) is 9.63. The summed E-state index contributed by atoms with van der Waals surface area (Å²) >= 11 is 0. The van der Waals surface area contributed by atoms with Crippen molar-refractivity contribution in [3.63, 3.8) is 0 Å². The van der Waals surface area contributed by atoms with Gasteiger partial charge in [-0.1, -0.05) is 12.1 Å². The third-order valence-corrected chi connectivity index (χ3v) is 4.29. The number of anilines is 1. The number of aliphatic hydroxyl groups is 1. The van der Waals surface area contributed by atoms with Crippen LogP contribution in [0.5, 0.6) is 0 Å². The van der Waals surface area contributed by atoms with Crippen molar-refractivity contribution in [2.45, 2.75) is 26.0 Å². The summed E-state index contributed by atoms with van der Waals surface area (Å²) in [6.45, 7) is 3.80. The molecule has 1 aromatic carbocycles. The van der Waals surface area contributed by atoms with Crippen molar-refractivity contribution < 1.29 is 13.5 Å². The fourth-order valence-electron chi connectivity index (χ4n) is 2.72. The molecule has 0 radical (unpaired) electrons. The molecule has 3 aromatic rings. The maximum Gasteiger partial charge on any atom is 0.168 e. The highest BCUT2D eigenvalue weighted by Crippen LogP contribution is 2.29. The van der Waals surface area contributed by atoms with E-state index in [9.17, 15) is 13.5 Å². The molecule has 0 aliphatic heterocycles. The van der Waals surface area contributed by atoms with Gasteiger partial charge in [0.25, 0.3) is 0 Å². The Balaban J connectivity index is 2.21. The summed E-state index contributed by atoms with van der Waals surface area (Å²) in [5.74, 6) is 0.293. The Morgan fingerprint density at radius 3 is 2.72 bits per heavy atom. The number of hydrogen-bond donors (Lipinski definition) is 2. The fourth-order valence-corrected chi connectivity index (χ4v) is 3.12. The second-order valence-electron chi connectivity index (χ2n) is 6.79. The van der Waals surface area contributed by atoms with Gasteiger partial charge in [-0.15, -0.1) is 0 Å². The first-order chi connectivity index (χ1) is 11.5. The number of hydrogen-bond acceptors (Lipinski definition) is 6. The molecule has 0 saturated heterocycles. The highest BCUT2D eigenvalue weighted by atomic mass is 32.2. The SMILES string of the molecule is CC(C)(O)Cn1cnc2c(N)nc3cc(C=CS(C)(=O)=O)ccc3c21. The Bertz CT molecular complexity index is 1090. The van der Waals surface area contributed by atoms with Gasteiger partial charge in [-0.2, -0.15) is 0 Å². The third-order valence-electron chi connectivity index (χ3n) is 3.66. The number of nitrogens with two attached hydrogens (primary N) is 1. The third kappa shape index (κ3) is 3.80. The van der Waals surface area contributed by atoms with Gasteiger partial charge in [-0.25, -0.2) is 18.4 Å². The predicted molar refractivity (Wildman–Crippen MR) is 99.6 cm³/mol. The lowest BCUT2D eigenvalue weighted by Crippen LogP contribution is -2.25. The lowest BCUT2D eigenvalue weighted by molar-refractivity contribution is 0.0627. The van der Waals surface area contributed by atoms with Crippen molar-refractivity contribution in [3.8, 4) is 0 Å². The molecule has 0 bridgehead atoms. The lowest BCUT2D eigenvalue weighted by atomic mass is 10.1. The molecule has 0 fully saturated rings. The predicted octanol–water partition coefficient (Wildman–Crippen LogP) is 1.95. The van der Waals surface area contributed by atoms with E-state index in [0.29, 0.717) is 29.0 Å². The summed E-state index contributed by atoms with van der Waals surface area (Å²) in [4.78, 5) is 8.69. The summed E-state index contributed by atoms with van der Waals surface area (Å²) in [6.07, 6.45) is 4.29. The Morgan fingerprint density at radius 2 is 2.08 bits per heavy atom. The van der Waals surface area contributed by atoms with Crippen LogP contribution in [0.3, 0.4) is 0 Å². The molecule has 0 amide bonds. The van der Waals surface area contributed by atoms with Crippen molar-refractivity contribution in [3.05, 3.63) is 35.5 Å². The normalized spacial score (nSPS) is 13.3. The first kappa shape index (κ1) is 17.4. The average Bonchev–Trinajstić information content (AvgIpc) is 2.87. The molecule has 0 spiro atoms. The van der Waals surface area contributed by atoms with Crippen molar-refractivity contribution in [1.29, 1.82) is 0 Å². The maximum absolute atomic E-state index is 11.3. The molecule has 3 rings (SSSR count). The van der Waals surface area contributed by atoms with Crippen LogP contribution in [0.2, 0.25) is 0 Å². The van der Waals surface area contributed by atoms with E-state index >= 15 is 0 Å². The molecule has 8 heteroatoms. The van der Waals surface area contributed by atoms with Crippen LogP contribution in [0.4, 0.5) is 5.82 Å². The number of nitrogens with zero attached hydrogens (tertiary/aromatic N) is 3.